The predicted octanol–water partition coefficient (Wildman–Crippen LogP) is 2.47. The molecule has 0 aromatic heterocycles. The summed E-state index contributed by atoms with van der Waals surface area (Å²) < 4.78 is 0. The molecular formula is C14H21NO2. The Balaban J connectivity index is 2.35. The Morgan fingerprint density at radius 3 is 2.59 bits per heavy atom. The third kappa shape index (κ3) is 2.25. The van der Waals surface area contributed by atoms with E-state index < -0.39 is 0 Å². The van der Waals surface area contributed by atoms with E-state index in [1.165, 1.54) is 0 Å². The lowest BCUT2D eigenvalue weighted by Gasteiger charge is -2.29. The minimum absolute atomic E-state index is 0.00692. The number of likely N-dealkylation sites (N-methyl/N-ethyl adjacent to an activating group) is 1. The molecule has 1 aromatic rings. The zero-order chi connectivity index (χ0) is 12.5. The normalized spacial score (nSPS) is 25.3. The standard InChI is InChI=1S/C14H21NO2/c1-3-6-14(7-8-15(2)10-14)11-4-5-12(16)13(17)9-11/h4-5,9,16-17H,3,6-8,10H2,1-2H3. The maximum absolute atomic E-state index is 9.65. The molecule has 1 unspecified atom stereocenters. The van der Waals surface area contributed by atoms with Crippen LogP contribution in [-0.2, 0) is 5.41 Å². The average molecular weight is 235 g/mol. The summed E-state index contributed by atoms with van der Waals surface area (Å²) in [6, 6.07) is 5.27. The van der Waals surface area contributed by atoms with Crippen molar-refractivity contribution < 1.29 is 10.2 Å². The summed E-state index contributed by atoms with van der Waals surface area (Å²) in [4.78, 5) is 2.33. The lowest BCUT2D eigenvalue weighted by Crippen LogP contribution is -2.29. The van der Waals surface area contributed by atoms with E-state index >= 15 is 0 Å². The van der Waals surface area contributed by atoms with Gasteiger partial charge in [0, 0.05) is 12.0 Å². The Hall–Kier alpha value is -1.22. The number of phenolic OH excluding ortho intramolecular Hbond substituents is 2. The van der Waals surface area contributed by atoms with Gasteiger partial charge in [-0.1, -0.05) is 19.4 Å². The quantitative estimate of drug-likeness (QED) is 0.791. The third-order valence-electron chi connectivity index (χ3n) is 3.86. The number of hydrogen-bond acceptors (Lipinski definition) is 3. The average Bonchev–Trinajstić information content (AvgIpc) is 2.66. The van der Waals surface area contributed by atoms with Crippen molar-refractivity contribution in [3.8, 4) is 11.5 Å². The molecule has 0 spiro atoms. The van der Waals surface area contributed by atoms with Crippen LogP contribution in [0.3, 0.4) is 0 Å². The zero-order valence-corrected chi connectivity index (χ0v) is 10.6. The van der Waals surface area contributed by atoms with E-state index in [-0.39, 0.29) is 16.9 Å². The molecule has 1 aliphatic rings. The van der Waals surface area contributed by atoms with Crippen LogP contribution >= 0.6 is 0 Å². The Morgan fingerprint density at radius 2 is 2.06 bits per heavy atom. The van der Waals surface area contributed by atoms with Crippen molar-refractivity contribution in [1.82, 2.24) is 4.90 Å². The first-order chi connectivity index (χ1) is 8.07. The van der Waals surface area contributed by atoms with E-state index in [1.54, 1.807) is 12.1 Å². The van der Waals surface area contributed by atoms with E-state index in [0.29, 0.717) is 0 Å². The first-order valence-corrected chi connectivity index (χ1v) is 6.28. The number of benzene rings is 1. The van der Waals surface area contributed by atoms with Gasteiger partial charge in [0.1, 0.15) is 0 Å². The Bertz CT molecular complexity index is 401. The van der Waals surface area contributed by atoms with Crippen molar-refractivity contribution in [2.45, 2.75) is 31.6 Å². The minimum atomic E-state index is -0.0354. The van der Waals surface area contributed by atoms with Crippen LogP contribution in [0.15, 0.2) is 18.2 Å². The molecule has 94 valence electrons. The fourth-order valence-electron chi connectivity index (χ4n) is 3.00. The van der Waals surface area contributed by atoms with Gasteiger partial charge in [-0.05, 0) is 44.1 Å². The molecule has 1 heterocycles. The maximum Gasteiger partial charge on any atom is 0.157 e. The molecule has 1 atom stereocenters. The highest BCUT2D eigenvalue weighted by Gasteiger charge is 2.37. The van der Waals surface area contributed by atoms with Crippen LogP contribution in [0, 0.1) is 0 Å². The monoisotopic (exact) mass is 235 g/mol. The van der Waals surface area contributed by atoms with E-state index in [2.05, 4.69) is 18.9 Å². The zero-order valence-electron chi connectivity index (χ0n) is 10.6. The van der Waals surface area contributed by atoms with Gasteiger partial charge in [-0.3, -0.25) is 0 Å². The van der Waals surface area contributed by atoms with Gasteiger partial charge in [0.25, 0.3) is 0 Å². The molecule has 17 heavy (non-hydrogen) atoms. The molecule has 3 nitrogen and oxygen atoms in total. The van der Waals surface area contributed by atoms with Crippen LogP contribution in [-0.4, -0.2) is 35.3 Å². The van der Waals surface area contributed by atoms with E-state index in [1.807, 2.05) is 6.07 Å². The van der Waals surface area contributed by atoms with Crippen molar-refractivity contribution in [2.75, 3.05) is 20.1 Å². The highest BCUT2D eigenvalue weighted by Crippen LogP contribution is 2.40. The second kappa shape index (κ2) is 4.57. The van der Waals surface area contributed by atoms with E-state index in [9.17, 15) is 10.2 Å². The van der Waals surface area contributed by atoms with Crippen LogP contribution in [0.4, 0.5) is 0 Å². The first kappa shape index (κ1) is 12.2. The van der Waals surface area contributed by atoms with Crippen molar-refractivity contribution in [1.29, 1.82) is 0 Å². The number of nitrogens with zero attached hydrogens (tertiary/aromatic N) is 1. The third-order valence-corrected chi connectivity index (χ3v) is 3.86. The Kier molecular flexibility index (Phi) is 3.29. The summed E-state index contributed by atoms with van der Waals surface area (Å²) in [6.07, 6.45) is 3.39. The van der Waals surface area contributed by atoms with E-state index in [0.717, 1.165) is 37.9 Å². The lowest BCUT2D eigenvalue weighted by molar-refractivity contribution is 0.348. The van der Waals surface area contributed by atoms with Crippen LogP contribution < -0.4 is 0 Å². The Morgan fingerprint density at radius 1 is 1.29 bits per heavy atom. The first-order valence-electron chi connectivity index (χ1n) is 6.28. The van der Waals surface area contributed by atoms with Crippen LogP contribution in [0.5, 0.6) is 11.5 Å². The number of rotatable bonds is 3. The van der Waals surface area contributed by atoms with Gasteiger partial charge in [0.2, 0.25) is 0 Å². The van der Waals surface area contributed by atoms with Gasteiger partial charge >= 0.3 is 0 Å². The summed E-state index contributed by atoms with van der Waals surface area (Å²) in [7, 11) is 2.14. The molecule has 0 saturated carbocycles. The fraction of sp³-hybridized carbons (Fsp3) is 0.571. The van der Waals surface area contributed by atoms with Gasteiger partial charge in [0.05, 0.1) is 0 Å². The predicted molar refractivity (Wildman–Crippen MR) is 68.5 cm³/mol. The Labute approximate surface area is 103 Å². The molecule has 1 aromatic carbocycles. The number of phenols is 2. The van der Waals surface area contributed by atoms with Gasteiger partial charge in [-0.25, -0.2) is 0 Å². The molecule has 1 fully saturated rings. The van der Waals surface area contributed by atoms with Gasteiger partial charge in [-0.15, -0.1) is 0 Å². The van der Waals surface area contributed by atoms with Crippen LogP contribution in [0.1, 0.15) is 31.7 Å². The molecule has 0 radical (unpaired) electrons. The summed E-state index contributed by atoms with van der Waals surface area (Å²) in [5.41, 5.74) is 1.30. The SMILES string of the molecule is CCCC1(c2ccc(O)c(O)c2)CCN(C)C1. The summed E-state index contributed by atoms with van der Waals surface area (Å²) in [5.74, 6) is -0.0423. The molecule has 0 amide bonds. The van der Waals surface area contributed by atoms with Crippen molar-refractivity contribution in [3.63, 3.8) is 0 Å². The molecular weight excluding hydrogens is 214 g/mol. The number of likely N-dealkylation sites (tertiary alicyclic amines) is 1. The summed E-state index contributed by atoms with van der Waals surface area (Å²) >= 11 is 0. The maximum atomic E-state index is 9.65. The largest absolute Gasteiger partial charge is 0.504 e. The second-order valence-electron chi connectivity index (χ2n) is 5.22. The fourth-order valence-corrected chi connectivity index (χ4v) is 3.00. The van der Waals surface area contributed by atoms with Crippen molar-refractivity contribution >= 4 is 0 Å². The number of hydrogen-bond donors (Lipinski definition) is 2. The van der Waals surface area contributed by atoms with Crippen LogP contribution in [0.25, 0.3) is 0 Å². The molecule has 1 saturated heterocycles. The van der Waals surface area contributed by atoms with Gasteiger partial charge < -0.3 is 15.1 Å². The molecule has 3 heteroatoms. The highest BCUT2D eigenvalue weighted by atomic mass is 16.3. The smallest absolute Gasteiger partial charge is 0.157 e. The highest BCUT2D eigenvalue weighted by molar-refractivity contribution is 5.43. The second-order valence-corrected chi connectivity index (χ2v) is 5.22. The topological polar surface area (TPSA) is 43.7 Å². The molecule has 0 bridgehead atoms. The molecule has 2 N–H and O–H groups in total. The van der Waals surface area contributed by atoms with Crippen molar-refractivity contribution in [2.24, 2.45) is 0 Å². The minimum Gasteiger partial charge on any atom is -0.504 e. The lowest BCUT2D eigenvalue weighted by atomic mass is 9.76. The summed E-state index contributed by atoms with van der Waals surface area (Å²) in [6.45, 7) is 4.33. The van der Waals surface area contributed by atoms with Crippen LogP contribution in [0.2, 0.25) is 0 Å². The van der Waals surface area contributed by atoms with E-state index in [4.69, 9.17) is 0 Å². The van der Waals surface area contributed by atoms with Gasteiger partial charge in [-0.2, -0.15) is 0 Å². The molecule has 1 aliphatic heterocycles. The molecule has 0 aliphatic carbocycles. The van der Waals surface area contributed by atoms with Crippen molar-refractivity contribution in [3.05, 3.63) is 23.8 Å². The molecule has 2 rings (SSSR count). The van der Waals surface area contributed by atoms with Gasteiger partial charge in [0.15, 0.2) is 11.5 Å². The number of aromatic hydroxyl groups is 2. The summed E-state index contributed by atoms with van der Waals surface area (Å²) in [5, 5.41) is 19.0.